The number of carbonyl (C=O) groups excluding carboxylic acids is 1. The lowest BCUT2D eigenvalue weighted by Crippen LogP contribution is -2.43. The molecule has 0 heterocycles. The lowest BCUT2D eigenvalue weighted by molar-refractivity contribution is -0.132. The van der Waals surface area contributed by atoms with Crippen LogP contribution in [-0.2, 0) is 4.79 Å². The number of aliphatic hydroxyl groups excluding tert-OH is 1. The van der Waals surface area contributed by atoms with E-state index in [1.54, 1.807) is 0 Å². The molecule has 0 spiro atoms. The zero-order valence-corrected chi connectivity index (χ0v) is 12.5. The summed E-state index contributed by atoms with van der Waals surface area (Å²) in [6.07, 6.45) is 4.35. The molecule has 0 bridgehead atoms. The fourth-order valence-corrected chi connectivity index (χ4v) is 1.67. The van der Waals surface area contributed by atoms with Gasteiger partial charge in [-0.1, -0.05) is 26.7 Å². The number of hydrogen-bond acceptors (Lipinski definition) is 3. The summed E-state index contributed by atoms with van der Waals surface area (Å²) in [4.78, 5) is 16.1. The lowest BCUT2D eigenvalue weighted by atomic mass is 10.2. The Morgan fingerprint density at radius 2 is 1.67 bits per heavy atom. The maximum Gasteiger partial charge on any atom is 0.236 e. The number of hydrogen-bond donors (Lipinski definition) is 1. The van der Waals surface area contributed by atoms with Crippen molar-refractivity contribution in [2.24, 2.45) is 0 Å². The van der Waals surface area contributed by atoms with Crippen molar-refractivity contribution >= 4 is 5.91 Å². The van der Waals surface area contributed by atoms with E-state index in [4.69, 9.17) is 5.11 Å². The monoisotopic (exact) mass is 258 g/mol. The van der Waals surface area contributed by atoms with Gasteiger partial charge in [-0.2, -0.15) is 0 Å². The molecule has 0 aliphatic carbocycles. The first kappa shape index (κ1) is 17.4. The third-order valence-corrected chi connectivity index (χ3v) is 3.32. The van der Waals surface area contributed by atoms with Crippen LogP contribution in [0.25, 0.3) is 0 Å². The minimum atomic E-state index is 0.0353. The van der Waals surface area contributed by atoms with Gasteiger partial charge in [0.15, 0.2) is 0 Å². The molecule has 0 aliphatic rings. The Bertz CT molecular complexity index is 214. The average molecular weight is 258 g/mol. The quantitative estimate of drug-likeness (QED) is 0.649. The van der Waals surface area contributed by atoms with Crippen molar-refractivity contribution in [1.29, 1.82) is 0 Å². The van der Waals surface area contributed by atoms with E-state index in [1.807, 2.05) is 23.8 Å². The van der Waals surface area contributed by atoms with E-state index in [9.17, 15) is 4.79 Å². The van der Waals surface area contributed by atoms with Crippen LogP contribution in [0.1, 0.15) is 46.5 Å². The summed E-state index contributed by atoms with van der Waals surface area (Å²) in [5.74, 6) is 0.180. The molecule has 0 saturated carbocycles. The van der Waals surface area contributed by atoms with Crippen LogP contribution in [0.5, 0.6) is 0 Å². The molecule has 0 rings (SSSR count). The molecule has 0 aliphatic heterocycles. The first-order valence-electron chi connectivity index (χ1n) is 7.15. The Balaban J connectivity index is 4.25. The van der Waals surface area contributed by atoms with Gasteiger partial charge in [0.1, 0.15) is 0 Å². The number of rotatable bonds is 10. The van der Waals surface area contributed by atoms with Crippen molar-refractivity contribution in [3.8, 4) is 0 Å². The average Bonchev–Trinajstić information content (AvgIpc) is 2.37. The minimum Gasteiger partial charge on any atom is -0.395 e. The van der Waals surface area contributed by atoms with Crippen LogP contribution in [0.4, 0.5) is 0 Å². The Morgan fingerprint density at radius 3 is 2.06 bits per heavy atom. The molecule has 1 atom stereocenters. The molecule has 4 nitrogen and oxygen atoms in total. The molecule has 0 fully saturated rings. The first-order chi connectivity index (χ1) is 8.56. The molecule has 108 valence electrons. The summed E-state index contributed by atoms with van der Waals surface area (Å²) in [6.45, 7) is 8.41. The summed E-state index contributed by atoms with van der Waals surface area (Å²) in [5.41, 5.74) is 0. The predicted molar refractivity (Wildman–Crippen MR) is 75.6 cm³/mol. The molecule has 0 aromatic rings. The van der Waals surface area contributed by atoms with Crippen LogP contribution in [0.15, 0.2) is 0 Å². The highest BCUT2D eigenvalue weighted by molar-refractivity contribution is 5.78. The van der Waals surface area contributed by atoms with Crippen LogP contribution < -0.4 is 0 Å². The lowest BCUT2D eigenvalue weighted by Gasteiger charge is -2.27. The number of amides is 1. The van der Waals surface area contributed by atoms with Crippen LogP contribution in [0, 0.1) is 0 Å². The molecule has 1 N–H and O–H groups in total. The third kappa shape index (κ3) is 6.97. The van der Waals surface area contributed by atoms with Crippen LogP contribution >= 0.6 is 0 Å². The molecule has 0 aromatic carbocycles. The maximum atomic E-state index is 12.2. The van der Waals surface area contributed by atoms with Crippen molar-refractivity contribution in [3.63, 3.8) is 0 Å². The Morgan fingerprint density at radius 1 is 1.17 bits per heavy atom. The number of nitrogens with zero attached hydrogens (tertiary/aromatic N) is 2. The van der Waals surface area contributed by atoms with E-state index in [0.717, 1.165) is 38.8 Å². The highest BCUT2D eigenvalue weighted by Gasteiger charge is 2.17. The molecular weight excluding hydrogens is 228 g/mol. The van der Waals surface area contributed by atoms with Gasteiger partial charge in [-0.25, -0.2) is 0 Å². The maximum absolute atomic E-state index is 12.2. The Hall–Kier alpha value is -0.610. The van der Waals surface area contributed by atoms with Crippen molar-refractivity contribution in [2.45, 2.75) is 52.5 Å². The summed E-state index contributed by atoms with van der Waals surface area (Å²) in [7, 11) is 1.89. The molecule has 4 heteroatoms. The van der Waals surface area contributed by atoms with Crippen LogP contribution in [-0.4, -0.2) is 60.1 Å². The number of likely N-dealkylation sites (N-methyl/N-ethyl adjacent to an activating group) is 1. The molecule has 0 saturated heterocycles. The highest BCUT2D eigenvalue weighted by atomic mass is 16.3. The van der Waals surface area contributed by atoms with Crippen LogP contribution in [0.3, 0.4) is 0 Å². The second kappa shape index (κ2) is 10.3. The Labute approximate surface area is 112 Å². The van der Waals surface area contributed by atoms with Gasteiger partial charge >= 0.3 is 0 Å². The minimum absolute atomic E-state index is 0.0353. The van der Waals surface area contributed by atoms with E-state index in [-0.39, 0.29) is 18.6 Å². The van der Waals surface area contributed by atoms with E-state index >= 15 is 0 Å². The van der Waals surface area contributed by atoms with Gasteiger partial charge in [-0.05, 0) is 26.8 Å². The predicted octanol–water partition coefficient (Wildman–Crippen LogP) is 1.73. The molecule has 1 amide bonds. The zero-order valence-electron chi connectivity index (χ0n) is 12.5. The fraction of sp³-hybridized carbons (Fsp3) is 0.929. The van der Waals surface area contributed by atoms with E-state index in [2.05, 4.69) is 13.8 Å². The number of unbranched alkanes of at least 4 members (excludes halogenated alkanes) is 2. The normalized spacial score (nSPS) is 12.8. The topological polar surface area (TPSA) is 43.8 Å². The van der Waals surface area contributed by atoms with Crippen molar-refractivity contribution < 1.29 is 9.90 Å². The summed E-state index contributed by atoms with van der Waals surface area (Å²) >= 11 is 0. The zero-order chi connectivity index (χ0) is 14.0. The highest BCUT2D eigenvalue weighted by Crippen LogP contribution is 2.02. The molecular formula is C14H30N2O2. The smallest absolute Gasteiger partial charge is 0.236 e. The summed E-state index contributed by atoms with van der Waals surface area (Å²) in [6, 6.07) is 0.0353. The van der Waals surface area contributed by atoms with Gasteiger partial charge in [0.25, 0.3) is 0 Å². The largest absolute Gasteiger partial charge is 0.395 e. The van der Waals surface area contributed by atoms with Gasteiger partial charge in [0.2, 0.25) is 5.91 Å². The van der Waals surface area contributed by atoms with E-state index in [1.165, 1.54) is 0 Å². The van der Waals surface area contributed by atoms with Gasteiger partial charge in [-0.15, -0.1) is 0 Å². The van der Waals surface area contributed by atoms with Crippen molar-refractivity contribution in [1.82, 2.24) is 9.80 Å². The van der Waals surface area contributed by atoms with Gasteiger partial charge < -0.3 is 10.0 Å². The molecule has 0 aromatic heterocycles. The summed E-state index contributed by atoms with van der Waals surface area (Å²) in [5, 5.41) is 9.07. The van der Waals surface area contributed by atoms with Crippen LogP contribution in [0.2, 0.25) is 0 Å². The fourth-order valence-electron chi connectivity index (χ4n) is 1.67. The number of aliphatic hydroxyl groups is 1. The third-order valence-electron chi connectivity index (χ3n) is 3.32. The second-order valence-corrected chi connectivity index (χ2v) is 5.03. The van der Waals surface area contributed by atoms with Gasteiger partial charge in [0.05, 0.1) is 13.2 Å². The summed E-state index contributed by atoms with van der Waals surface area (Å²) < 4.78 is 0. The van der Waals surface area contributed by atoms with E-state index in [0.29, 0.717) is 6.54 Å². The first-order valence-corrected chi connectivity index (χ1v) is 7.15. The van der Waals surface area contributed by atoms with E-state index < -0.39 is 0 Å². The molecule has 1 unspecified atom stereocenters. The Kier molecular flexibility index (Phi) is 9.98. The SMILES string of the molecule is CCCCN(CCCC)C(=O)CN(C)C(C)CO. The standard InChI is InChI=1S/C14H30N2O2/c1-5-7-9-16(10-8-6-2)14(18)11-15(4)13(3)12-17/h13,17H,5-12H2,1-4H3. The molecule has 18 heavy (non-hydrogen) atoms. The van der Waals surface area contributed by atoms with Crippen molar-refractivity contribution in [2.75, 3.05) is 33.3 Å². The molecule has 0 radical (unpaired) electrons. The second-order valence-electron chi connectivity index (χ2n) is 5.03. The van der Waals surface area contributed by atoms with Crippen molar-refractivity contribution in [3.05, 3.63) is 0 Å². The number of carbonyl (C=O) groups is 1. The van der Waals surface area contributed by atoms with Gasteiger partial charge in [-0.3, -0.25) is 9.69 Å². The van der Waals surface area contributed by atoms with Gasteiger partial charge in [0, 0.05) is 19.1 Å².